The molecule has 5 nitrogen and oxygen atoms in total. The standard InChI is InChI=1S/C14H20N2O3/c1-3-19-10-5-6-12-11(9-10)14(15,13(17)18)7-4-8-16(12)2/h5-6,9H,3-4,7-8,15H2,1-2H3,(H,17,18). The topological polar surface area (TPSA) is 75.8 Å². The summed E-state index contributed by atoms with van der Waals surface area (Å²) in [7, 11) is 1.95. The van der Waals surface area contributed by atoms with Gasteiger partial charge in [0.25, 0.3) is 0 Å². The predicted octanol–water partition coefficient (Wildman–Crippen LogP) is 1.55. The van der Waals surface area contributed by atoms with E-state index in [4.69, 9.17) is 10.5 Å². The molecular weight excluding hydrogens is 244 g/mol. The minimum atomic E-state index is -1.34. The molecule has 5 heteroatoms. The number of aliphatic carboxylic acids is 1. The van der Waals surface area contributed by atoms with Gasteiger partial charge in [-0.2, -0.15) is 0 Å². The van der Waals surface area contributed by atoms with Crippen LogP contribution in [0.25, 0.3) is 0 Å². The van der Waals surface area contributed by atoms with E-state index in [1.54, 1.807) is 6.07 Å². The molecule has 1 aromatic rings. The Hall–Kier alpha value is -1.75. The van der Waals surface area contributed by atoms with Crippen molar-refractivity contribution in [1.82, 2.24) is 0 Å². The van der Waals surface area contributed by atoms with Crippen LogP contribution in [-0.4, -0.2) is 31.3 Å². The van der Waals surface area contributed by atoms with Gasteiger partial charge in [0.1, 0.15) is 11.3 Å². The van der Waals surface area contributed by atoms with Crippen LogP contribution in [0.4, 0.5) is 5.69 Å². The number of anilines is 1. The van der Waals surface area contributed by atoms with Gasteiger partial charge in [-0.3, -0.25) is 0 Å². The summed E-state index contributed by atoms with van der Waals surface area (Å²) in [5.41, 5.74) is 6.32. The molecule has 1 heterocycles. The summed E-state index contributed by atoms with van der Waals surface area (Å²) in [5, 5.41) is 9.49. The van der Waals surface area contributed by atoms with Crippen LogP contribution in [0.2, 0.25) is 0 Å². The summed E-state index contributed by atoms with van der Waals surface area (Å²) in [6, 6.07) is 5.50. The van der Waals surface area contributed by atoms with Crippen LogP contribution >= 0.6 is 0 Å². The largest absolute Gasteiger partial charge is 0.494 e. The lowest BCUT2D eigenvalue weighted by Gasteiger charge is -2.27. The van der Waals surface area contributed by atoms with Crippen LogP contribution in [0.3, 0.4) is 0 Å². The third-order valence-corrected chi connectivity index (χ3v) is 3.62. The molecule has 0 saturated heterocycles. The SMILES string of the molecule is CCOc1ccc2c(c1)C(N)(C(=O)O)CCCN2C. The van der Waals surface area contributed by atoms with E-state index in [0.29, 0.717) is 24.3 Å². The van der Waals surface area contributed by atoms with E-state index in [1.165, 1.54) is 0 Å². The number of ether oxygens (including phenoxy) is 1. The van der Waals surface area contributed by atoms with E-state index in [0.717, 1.165) is 18.7 Å². The van der Waals surface area contributed by atoms with Crippen LogP contribution < -0.4 is 15.4 Å². The molecule has 0 amide bonds. The first kappa shape index (κ1) is 13.7. The van der Waals surface area contributed by atoms with Crippen molar-refractivity contribution < 1.29 is 14.6 Å². The van der Waals surface area contributed by atoms with Gasteiger partial charge in [-0.25, -0.2) is 4.79 Å². The number of carboxylic acids is 1. The summed E-state index contributed by atoms with van der Waals surface area (Å²) in [6.07, 6.45) is 1.17. The molecule has 1 aliphatic rings. The average molecular weight is 264 g/mol. The van der Waals surface area contributed by atoms with Crippen LogP contribution in [0.1, 0.15) is 25.3 Å². The van der Waals surface area contributed by atoms with Crippen molar-refractivity contribution in [3.63, 3.8) is 0 Å². The molecule has 1 unspecified atom stereocenters. The Balaban J connectivity index is 2.57. The Labute approximate surface area is 113 Å². The first-order chi connectivity index (χ1) is 8.99. The highest BCUT2D eigenvalue weighted by Crippen LogP contribution is 2.37. The van der Waals surface area contributed by atoms with Crippen molar-refractivity contribution in [1.29, 1.82) is 0 Å². The monoisotopic (exact) mass is 264 g/mol. The third kappa shape index (κ3) is 2.38. The van der Waals surface area contributed by atoms with Crippen molar-refractivity contribution in [3.05, 3.63) is 23.8 Å². The van der Waals surface area contributed by atoms with Gasteiger partial charge in [0.15, 0.2) is 0 Å². The molecule has 1 atom stereocenters. The van der Waals surface area contributed by atoms with Crippen molar-refractivity contribution in [3.8, 4) is 5.75 Å². The van der Waals surface area contributed by atoms with E-state index < -0.39 is 11.5 Å². The zero-order valence-electron chi connectivity index (χ0n) is 11.3. The van der Waals surface area contributed by atoms with Gasteiger partial charge in [0.05, 0.1) is 6.61 Å². The van der Waals surface area contributed by atoms with Gasteiger partial charge in [-0.15, -0.1) is 0 Å². The molecule has 0 aromatic heterocycles. The van der Waals surface area contributed by atoms with E-state index in [-0.39, 0.29) is 0 Å². The number of benzene rings is 1. The fourth-order valence-electron chi connectivity index (χ4n) is 2.53. The number of carbonyl (C=O) groups is 1. The summed E-state index contributed by atoms with van der Waals surface area (Å²) < 4.78 is 5.45. The molecular formula is C14H20N2O3. The maximum absolute atomic E-state index is 11.6. The molecule has 1 aromatic carbocycles. The highest BCUT2D eigenvalue weighted by atomic mass is 16.5. The maximum Gasteiger partial charge on any atom is 0.328 e. The maximum atomic E-state index is 11.6. The zero-order chi connectivity index (χ0) is 14.0. The van der Waals surface area contributed by atoms with Crippen LogP contribution in [0.15, 0.2) is 18.2 Å². The van der Waals surface area contributed by atoms with Gasteiger partial charge in [0, 0.05) is 24.8 Å². The van der Waals surface area contributed by atoms with Crippen molar-refractivity contribution in [2.24, 2.45) is 5.73 Å². The predicted molar refractivity (Wildman–Crippen MR) is 73.6 cm³/mol. The fraction of sp³-hybridized carbons (Fsp3) is 0.500. The van der Waals surface area contributed by atoms with Gasteiger partial charge >= 0.3 is 5.97 Å². The summed E-state index contributed by atoms with van der Waals surface area (Å²) in [4.78, 5) is 13.6. The minimum absolute atomic E-state index is 0.426. The van der Waals surface area contributed by atoms with E-state index in [9.17, 15) is 9.90 Å². The second-order valence-corrected chi connectivity index (χ2v) is 4.91. The number of nitrogens with two attached hydrogens (primary N) is 1. The summed E-state index contributed by atoms with van der Waals surface area (Å²) in [6.45, 7) is 3.23. The first-order valence-electron chi connectivity index (χ1n) is 6.49. The normalized spacial score (nSPS) is 22.6. The van der Waals surface area contributed by atoms with Crippen molar-refractivity contribution in [2.75, 3.05) is 25.1 Å². The molecule has 0 radical (unpaired) electrons. The Kier molecular flexibility index (Phi) is 3.66. The highest BCUT2D eigenvalue weighted by Gasteiger charge is 2.40. The number of fused-ring (bicyclic) bond motifs is 1. The second kappa shape index (κ2) is 5.09. The first-order valence-corrected chi connectivity index (χ1v) is 6.49. The zero-order valence-corrected chi connectivity index (χ0v) is 11.3. The van der Waals surface area contributed by atoms with E-state index in [1.807, 2.05) is 31.0 Å². The van der Waals surface area contributed by atoms with E-state index >= 15 is 0 Å². The Bertz CT molecular complexity index is 490. The smallest absolute Gasteiger partial charge is 0.328 e. The van der Waals surface area contributed by atoms with Crippen LogP contribution in [-0.2, 0) is 10.3 Å². The molecule has 0 aliphatic carbocycles. The lowest BCUT2D eigenvalue weighted by atomic mass is 9.86. The molecule has 2 rings (SSSR count). The third-order valence-electron chi connectivity index (χ3n) is 3.62. The minimum Gasteiger partial charge on any atom is -0.494 e. The van der Waals surface area contributed by atoms with Crippen molar-refractivity contribution in [2.45, 2.75) is 25.3 Å². The molecule has 104 valence electrons. The van der Waals surface area contributed by atoms with E-state index in [2.05, 4.69) is 0 Å². The van der Waals surface area contributed by atoms with Gasteiger partial charge in [-0.1, -0.05) is 0 Å². The molecule has 3 N–H and O–H groups in total. The molecule has 19 heavy (non-hydrogen) atoms. The lowest BCUT2D eigenvalue weighted by Crippen LogP contribution is -2.44. The van der Waals surface area contributed by atoms with Gasteiger partial charge in [-0.05, 0) is 38.0 Å². The summed E-state index contributed by atoms with van der Waals surface area (Å²) >= 11 is 0. The number of rotatable bonds is 3. The molecule has 1 aliphatic heterocycles. The lowest BCUT2D eigenvalue weighted by molar-refractivity contribution is -0.144. The Morgan fingerprint density at radius 1 is 1.58 bits per heavy atom. The molecule has 0 spiro atoms. The van der Waals surface area contributed by atoms with Crippen LogP contribution in [0.5, 0.6) is 5.75 Å². The Morgan fingerprint density at radius 2 is 2.32 bits per heavy atom. The second-order valence-electron chi connectivity index (χ2n) is 4.91. The highest BCUT2D eigenvalue weighted by molar-refractivity contribution is 5.84. The number of hydrogen-bond acceptors (Lipinski definition) is 4. The summed E-state index contributed by atoms with van der Waals surface area (Å²) in [5.74, 6) is -0.328. The van der Waals surface area contributed by atoms with Crippen LogP contribution in [0, 0.1) is 0 Å². The molecule has 0 saturated carbocycles. The molecule has 0 bridgehead atoms. The number of hydrogen-bond donors (Lipinski definition) is 2. The average Bonchev–Trinajstić information content (AvgIpc) is 2.49. The number of carboxylic acid groups (broad SMARTS) is 1. The Morgan fingerprint density at radius 3 is 2.95 bits per heavy atom. The molecule has 0 fully saturated rings. The number of nitrogens with zero attached hydrogens (tertiary/aromatic N) is 1. The quantitative estimate of drug-likeness (QED) is 0.866. The fourth-order valence-corrected chi connectivity index (χ4v) is 2.53. The van der Waals surface area contributed by atoms with Gasteiger partial charge in [0.2, 0.25) is 0 Å². The van der Waals surface area contributed by atoms with Crippen molar-refractivity contribution >= 4 is 11.7 Å². The van der Waals surface area contributed by atoms with Gasteiger partial charge < -0.3 is 20.5 Å².